The first-order valence-electron chi connectivity index (χ1n) is 4.78. The monoisotopic (exact) mass is 211 g/mol. The average Bonchev–Trinajstić information content (AvgIpc) is 2.67. The molecule has 1 aliphatic rings. The number of nitrogens with one attached hydrogen (secondary N) is 2. The number of rotatable bonds is 2. The minimum atomic E-state index is -0.402. The third-order valence-corrected chi connectivity index (χ3v) is 2.69. The fraction of sp³-hybridized carbons (Fsp3) is 0.625. The van der Waals surface area contributed by atoms with Crippen LogP contribution >= 0.6 is 0 Å². The van der Waals surface area contributed by atoms with Gasteiger partial charge in [-0.05, 0) is 7.05 Å². The second kappa shape index (κ2) is 3.95. The highest BCUT2D eigenvalue weighted by Gasteiger charge is 2.29. The molecule has 2 N–H and O–H groups in total. The molecule has 1 aliphatic heterocycles. The van der Waals surface area contributed by atoms with Gasteiger partial charge in [-0.15, -0.1) is 0 Å². The maximum Gasteiger partial charge on any atom is 0.311 e. The highest BCUT2D eigenvalue weighted by molar-refractivity contribution is 5.34. The van der Waals surface area contributed by atoms with E-state index < -0.39 is 4.92 Å². The number of nitro groups is 1. The normalized spacial score (nSPS) is 22.9. The summed E-state index contributed by atoms with van der Waals surface area (Å²) in [6.07, 6.45) is 1.26. The molecule has 82 valence electrons. The quantitative estimate of drug-likeness (QED) is 0.526. The minimum Gasteiger partial charge on any atom is -0.313 e. The van der Waals surface area contributed by atoms with Gasteiger partial charge in [0.2, 0.25) is 0 Å². The number of aromatic amines is 1. The smallest absolute Gasteiger partial charge is 0.311 e. The van der Waals surface area contributed by atoms with Gasteiger partial charge in [0, 0.05) is 19.6 Å². The lowest BCUT2D eigenvalue weighted by Crippen LogP contribution is -2.44. The first-order chi connectivity index (χ1) is 7.20. The van der Waals surface area contributed by atoms with Crippen molar-refractivity contribution in [2.24, 2.45) is 0 Å². The van der Waals surface area contributed by atoms with E-state index in [0.29, 0.717) is 12.2 Å². The van der Waals surface area contributed by atoms with E-state index in [4.69, 9.17) is 0 Å². The van der Waals surface area contributed by atoms with Crippen LogP contribution in [0, 0.1) is 10.1 Å². The van der Waals surface area contributed by atoms with Gasteiger partial charge in [0.05, 0.1) is 11.0 Å². The van der Waals surface area contributed by atoms with Crippen LogP contribution in [0.4, 0.5) is 5.69 Å². The van der Waals surface area contributed by atoms with E-state index in [1.54, 1.807) is 0 Å². The molecule has 1 aromatic rings. The fourth-order valence-electron chi connectivity index (χ4n) is 1.81. The summed E-state index contributed by atoms with van der Waals surface area (Å²) in [5.41, 5.74) is 0.644. The first kappa shape index (κ1) is 10.1. The average molecular weight is 211 g/mol. The van der Waals surface area contributed by atoms with Gasteiger partial charge in [0.25, 0.3) is 0 Å². The van der Waals surface area contributed by atoms with Gasteiger partial charge in [-0.1, -0.05) is 0 Å². The fourth-order valence-corrected chi connectivity index (χ4v) is 1.81. The molecular weight excluding hydrogens is 198 g/mol. The van der Waals surface area contributed by atoms with Gasteiger partial charge in [-0.2, -0.15) is 5.10 Å². The van der Waals surface area contributed by atoms with Crippen LogP contribution in [0.5, 0.6) is 0 Å². The molecule has 1 atom stereocenters. The van der Waals surface area contributed by atoms with Gasteiger partial charge in [0.15, 0.2) is 0 Å². The van der Waals surface area contributed by atoms with Gasteiger partial charge in [-0.3, -0.25) is 20.1 Å². The van der Waals surface area contributed by atoms with E-state index in [0.717, 1.165) is 13.1 Å². The Hall–Kier alpha value is -1.47. The van der Waals surface area contributed by atoms with Crippen molar-refractivity contribution in [3.05, 3.63) is 22.0 Å². The standard InChI is InChI=1S/C8H13N5O2/c1-12-3-2-9-4-6(12)8-7(13(14)15)5-10-11-8/h5-6,9H,2-4H2,1H3,(H,10,11). The largest absolute Gasteiger partial charge is 0.313 e. The summed E-state index contributed by atoms with van der Waals surface area (Å²) in [5.74, 6) is 0. The van der Waals surface area contributed by atoms with Gasteiger partial charge >= 0.3 is 5.69 Å². The van der Waals surface area contributed by atoms with Crippen molar-refractivity contribution < 1.29 is 4.92 Å². The number of hydrogen-bond acceptors (Lipinski definition) is 5. The van der Waals surface area contributed by atoms with Gasteiger partial charge < -0.3 is 5.32 Å². The summed E-state index contributed by atoms with van der Waals surface area (Å²) in [7, 11) is 1.95. The van der Waals surface area contributed by atoms with Crippen LogP contribution in [-0.2, 0) is 0 Å². The summed E-state index contributed by atoms with van der Waals surface area (Å²) in [4.78, 5) is 12.4. The third-order valence-electron chi connectivity index (χ3n) is 2.69. The number of hydrogen-bond donors (Lipinski definition) is 2. The lowest BCUT2D eigenvalue weighted by atomic mass is 10.1. The van der Waals surface area contributed by atoms with Crippen molar-refractivity contribution in [2.75, 3.05) is 26.7 Å². The molecule has 0 radical (unpaired) electrons. The predicted molar refractivity (Wildman–Crippen MR) is 53.5 cm³/mol. The molecule has 0 saturated carbocycles. The van der Waals surface area contributed by atoms with E-state index in [-0.39, 0.29) is 11.7 Å². The Balaban J connectivity index is 2.27. The topological polar surface area (TPSA) is 87.1 Å². The van der Waals surface area contributed by atoms with E-state index in [1.807, 2.05) is 7.05 Å². The number of H-pyrrole nitrogens is 1. The Bertz CT molecular complexity index is 364. The van der Waals surface area contributed by atoms with E-state index in [1.165, 1.54) is 6.20 Å². The molecule has 0 aliphatic carbocycles. The number of piperazine rings is 1. The molecular formula is C8H13N5O2. The van der Waals surface area contributed by atoms with Crippen molar-refractivity contribution >= 4 is 5.69 Å². The lowest BCUT2D eigenvalue weighted by Gasteiger charge is -2.31. The molecule has 7 heteroatoms. The Morgan fingerprint density at radius 3 is 3.20 bits per heavy atom. The summed E-state index contributed by atoms with van der Waals surface area (Å²) >= 11 is 0. The molecule has 1 aromatic heterocycles. The number of likely N-dealkylation sites (N-methyl/N-ethyl adjacent to an activating group) is 1. The van der Waals surface area contributed by atoms with Crippen LogP contribution in [0.2, 0.25) is 0 Å². The minimum absolute atomic E-state index is 0.00153. The van der Waals surface area contributed by atoms with Crippen LogP contribution < -0.4 is 5.32 Å². The SMILES string of the molecule is CN1CCNCC1c1[nH]ncc1[N+](=O)[O-]. The third kappa shape index (κ3) is 1.83. The second-order valence-corrected chi connectivity index (χ2v) is 3.63. The maximum atomic E-state index is 10.7. The lowest BCUT2D eigenvalue weighted by molar-refractivity contribution is -0.386. The molecule has 0 bridgehead atoms. The van der Waals surface area contributed by atoms with Crippen LogP contribution in [0.25, 0.3) is 0 Å². The zero-order valence-electron chi connectivity index (χ0n) is 8.43. The van der Waals surface area contributed by atoms with Crippen LogP contribution in [0.3, 0.4) is 0 Å². The summed E-state index contributed by atoms with van der Waals surface area (Å²) in [5, 5.41) is 20.4. The van der Waals surface area contributed by atoms with E-state index in [2.05, 4.69) is 20.4 Å². The highest BCUT2D eigenvalue weighted by Crippen LogP contribution is 2.26. The number of nitrogens with zero attached hydrogens (tertiary/aromatic N) is 3. The maximum absolute atomic E-state index is 10.7. The van der Waals surface area contributed by atoms with Crippen molar-refractivity contribution in [3.63, 3.8) is 0 Å². The zero-order valence-corrected chi connectivity index (χ0v) is 8.43. The summed E-state index contributed by atoms with van der Waals surface area (Å²) in [6.45, 7) is 2.50. The molecule has 0 aromatic carbocycles. The highest BCUT2D eigenvalue weighted by atomic mass is 16.6. The Labute approximate surface area is 86.6 Å². The molecule has 7 nitrogen and oxygen atoms in total. The van der Waals surface area contributed by atoms with Crippen LogP contribution in [-0.4, -0.2) is 46.7 Å². The van der Waals surface area contributed by atoms with Crippen molar-refractivity contribution in [3.8, 4) is 0 Å². The Morgan fingerprint density at radius 1 is 1.73 bits per heavy atom. The van der Waals surface area contributed by atoms with E-state index in [9.17, 15) is 10.1 Å². The molecule has 1 saturated heterocycles. The molecule has 1 fully saturated rings. The molecule has 2 heterocycles. The molecule has 0 amide bonds. The van der Waals surface area contributed by atoms with Crippen LogP contribution in [0.1, 0.15) is 11.7 Å². The summed E-state index contributed by atoms with van der Waals surface area (Å²) in [6, 6.07) is 0.00153. The van der Waals surface area contributed by atoms with Crippen molar-refractivity contribution in [2.45, 2.75) is 6.04 Å². The second-order valence-electron chi connectivity index (χ2n) is 3.63. The Kier molecular flexibility index (Phi) is 2.65. The molecule has 15 heavy (non-hydrogen) atoms. The summed E-state index contributed by atoms with van der Waals surface area (Å²) < 4.78 is 0. The van der Waals surface area contributed by atoms with E-state index >= 15 is 0 Å². The van der Waals surface area contributed by atoms with Gasteiger partial charge in [0.1, 0.15) is 11.9 Å². The van der Waals surface area contributed by atoms with Crippen molar-refractivity contribution in [1.29, 1.82) is 0 Å². The van der Waals surface area contributed by atoms with Crippen molar-refractivity contribution in [1.82, 2.24) is 20.4 Å². The molecule has 0 spiro atoms. The predicted octanol–water partition coefficient (Wildman–Crippen LogP) is -0.106. The first-order valence-corrected chi connectivity index (χ1v) is 4.78. The molecule has 1 unspecified atom stereocenters. The van der Waals surface area contributed by atoms with Crippen LogP contribution in [0.15, 0.2) is 6.20 Å². The zero-order chi connectivity index (χ0) is 10.8. The van der Waals surface area contributed by atoms with Gasteiger partial charge in [-0.25, -0.2) is 0 Å². The Morgan fingerprint density at radius 2 is 2.53 bits per heavy atom. The molecule has 2 rings (SSSR count). The number of aromatic nitrogens is 2.